The summed E-state index contributed by atoms with van der Waals surface area (Å²) in [7, 11) is 0. The number of hydrogen-bond acceptors (Lipinski definition) is 4. The first-order valence-corrected chi connectivity index (χ1v) is 10.6. The van der Waals surface area contributed by atoms with Gasteiger partial charge in [-0.3, -0.25) is 4.79 Å². The van der Waals surface area contributed by atoms with Crippen molar-refractivity contribution in [2.75, 3.05) is 5.32 Å². The third kappa shape index (κ3) is 3.36. The fraction of sp³-hybridized carbons (Fsp3) is 0.231. The Morgan fingerprint density at radius 1 is 1.03 bits per heavy atom. The number of phenols is 1. The quantitative estimate of drug-likeness (QED) is 0.406. The van der Waals surface area contributed by atoms with Gasteiger partial charge in [-0.25, -0.2) is 4.98 Å². The molecule has 1 aromatic heterocycles. The molecule has 5 rings (SSSR count). The summed E-state index contributed by atoms with van der Waals surface area (Å²) in [4.78, 5) is 18.0. The molecule has 2 N–H and O–H groups in total. The zero-order valence-corrected chi connectivity index (χ0v) is 17.4. The summed E-state index contributed by atoms with van der Waals surface area (Å²) in [5.41, 5.74) is 3.64. The predicted octanol–water partition coefficient (Wildman–Crippen LogP) is 5.96. The van der Waals surface area contributed by atoms with Crippen molar-refractivity contribution in [2.24, 2.45) is 0 Å². The molecule has 31 heavy (non-hydrogen) atoms. The van der Waals surface area contributed by atoms with Crippen molar-refractivity contribution < 1.29 is 14.3 Å². The molecule has 0 aliphatic heterocycles. The van der Waals surface area contributed by atoms with E-state index in [2.05, 4.69) is 10.3 Å². The van der Waals surface area contributed by atoms with E-state index in [0.29, 0.717) is 28.3 Å². The summed E-state index contributed by atoms with van der Waals surface area (Å²) in [6.45, 7) is 1.81. The lowest BCUT2D eigenvalue weighted by atomic mass is 9.78. The molecule has 1 fully saturated rings. The lowest BCUT2D eigenvalue weighted by Crippen LogP contribution is -2.38. The maximum Gasteiger partial charge on any atom is 0.235 e. The molecule has 0 radical (unpaired) electrons. The predicted molar refractivity (Wildman–Crippen MR) is 121 cm³/mol. The number of carbonyl (C=O) groups excluding carboxylic acids is 1. The Morgan fingerprint density at radius 2 is 1.74 bits per heavy atom. The Morgan fingerprint density at radius 3 is 2.48 bits per heavy atom. The van der Waals surface area contributed by atoms with E-state index in [-0.39, 0.29) is 11.7 Å². The van der Waals surface area contributed by atoms with Crippen LogP contribution in [-0.4, -0.2) is 16.0 Å². The number of aromatic hydroxyl groups is 1. The standard InChI is InChI=1S/C26H24N2O3/c1-17-15-19(16-20(23(17)29)24-28-21-11-5-6-12-22(21)31-24)27-25(30)26(13-7-8-14-26)18-9-3-2-4-10-18/h2-6,9-12,15-16,29H,7-8,13-14H2,1H3,(H,27,30). The molecular formula is C26H24N2O3. The van der Waals surface area contributed by atoms with Gasteiger partial charge in [-0.15, -0.1) is 0 Å². The fourth-order valence-electron chi connectivity index (χ4n) is 4.64. The van der Waals surface area contributed by atoms with E-state index in [1.54, 1.807) is 19.1 Å². The zero-order valence-electron chi connectivity index (χ0n) is 17.4. The van der Waals surface area contributed by atoms with Crippen LogP contribution in [0.15, 0.2) is 71.1 Å². The van der Waals surface area contributed by atoms with Crippen LogP contribution in [0.4, 0.5) is 5.69 Å². The molecule has 0 saturated heterocycles. The van der Waals surface area contributed by atoms with Crippen LogP contribution in [-0.2, 0) is 10.2 Å². The normalized spacial score (nSPS) is 15.3. The van der Waals surface area contributed by atoms with Crippen molar-refractivity contribution in [3.8, 4) is 17.2 Å². The number of nitrogens with zero attached hydrogens (tertiary/aromatic N) is 1. The molecule has 1 saturated carbocycles. The minimum atomic E-state index is -0.523. The number of aryl methyl sites for hydroxylation is 1. The van der Waals surface area contributed by atoms with Gasteiger partial charge in [-0.05, 0) is 55.2 Å². The largest absolute Gasteiger partial charge is 0.507 e. The van der Waals surface area contributed by atoms with Crippen LogP contribution in [0.1, 0.15) is 36.8 Å². The molecule has 1 amide bonds. The molecule has 4 aromatic rings. The number of nitrogens with one attached hydrogen (secondary N) is 1. The third-order valence-electron chi connectivity index (χ3n) is 6.30. The summed E-state index contributed by atoms with van der Waals surface area (Å²) >= 11 is 0. The van der Waals surface area contributed by atoms with E-state index < -0.39 is 5.41 Å². The first-order chi connectivity index (χ1) is 15.1. The Labute approximate surface area is 180 Å². The van der Waals surface area contributed by atoms with E-state index in [1.165, 1.54) is 0 Å². The minimum Gasteiger partial charge on any atom is -0.507 e. The van der Waals surface area contributed by atoms with Crippen LogP contribution >= 0.6 is 0 Å². The molecule has 0 spiro atoms. The Kier molecular flexibility index (Phi) is 4.74. The van der Waals surface area contributed by atoms with Crippen LogP contribution in [0.3, 0.4) is 0 Å². The van der Waals surface area contributed by atoms with Gasteiger partial charge in [0.05, 0.1) is 11.0 Å². The SMILES string of the molecule is Cc1cc(NC(=O)C2(c3ccccc3)CCCC2)cc(-c2nc3ccccc3o2)c1O. The number of carbonyl (C=O) groups is 1. The molecular weight excluding hydrogens is 388 g/mol. The maximum absolute atomic E-state index is 13.5. The van der Waals surface area contributed by atoms with Gasteiger partial charge in [0.1, 0.15) is 11.3 Å². The average Bonchev–Trinajstić information content (AvgIpc) is 3.45. The highest BCUT2D eigenvalue weighted by molar-refractivity contribution is 6.00. The zero-order chi connectivity index (χ0) is 21.4. The molecule has 5 heteroatoms. The highest BCUT2D eigenvalue weighted by atomic mass is 16.3. The number of amides is 1. The van der Waals surface area contributed by atoms with Gasteiger partial charge in [0.15, 0.2) is 5.58 Å². The molecule has 3 aromatic carbocycles. The van der Waals surface area contributed by atoms with Crippen molar-refractivity contribution >= 4 is 22.7 Å². The van der Waals surface area contributed by atoms with Crippen LogP contribution in [0.5, 0.6) is 5.75 Å². The molecule has 1 aliphatic rings. The van der Waals surface area contributed by atoms with Crippen LogP contribution in [0, 0.1) is 6.92 Å². The van der Waals surface area contributed by atoms with Crippen LogP contribution < -0.4 is 5.32 Å². The number of rotatable bonds is 4. The second-order valence-electron chi connectivity index (χ2n) is 8.29. The Bertz CT molecular complexity index is 1220. The third-order valence-corrected chi connectivity index (χ3v) is 6.30. The highest BCUT2D eigenvalue weighted by Crippen LogP contribution is 2.43. The number of aromatic nitrogens is 1. The summed E-state index contributed by atoms with van der Waals surface area (Å²) in [5.74, 6) is 0.421. The van der Waals surface area contributed by atoms with Crippen LogP contribution in [0.25, 0.3) is 22.6 Å². The molecule has 0 atom stereocenters. The number of para-hydroxylation sites is 2. The van der Waals surface area contributed by atoms with E-state index >= 15 is 0 Å². The van der Waals surface area contributed by atoms with Gasteiger partial charge in [-0.1, -0.05) is 55.3 Å². The van der Waals surface area contributed by atoms with Crippen molar-refractivity contribution in [3.05, 3.63) is 77.9 Å². The highest BCUT2D eigenvalue weighted by Gasteiger charge is 2.42. The lowest BCUT2D eigenvalue weighted by Gasteiger charge is -2.28. The summed E-state index contributed by atoms with van der Waals surface area (Å²) < 4.78 is 5.86. The molecule has 1 aliphatic carbocycles. The van der Waals surface area contributed by atoms with E-state index in [0.717, 1.165) is 36.8 Å². The van der Waals surface area contributed by atoms with E-state index in [9.17, 15) is 9.90 Å². The number of oxazole rings is 1. The van der Waals surface area contributed by atoms with Gasteiger partial charge in [0, 0.05) is 5.69 Å². The molecule has 156 valence electrons. The van der Waals surface area contributed by atoms with Gasteiger partial charge >= 0.3 is 0 Å². The number of hydrogen-bond donors (Lipinski definition) is 2. The van der Waals surface area contributed by atoms with Crippen molar-refractivity contribution in [1.29, 1.82) is 0 Å². The van der Waals surface area contributed by atoms with Gasteiger partial charge in [0.2, 0.25) is 11.8 Å². The monoisotopic (exact) mass is 412 g/mol. The second-order valence-corrected chi connectivity index (χ2v) is 8.29. The van der Waals surface area contributed by atoms with E-state index in [1.807, 2.05) is 54.6 Å². The molecule has 0 bridgehead atoms. The van der Waals surface area contributed by atoms with E-state index in [4.69, 9.17) is 4.42 Å². The smallest absolute Gasteiger partial charge is 0.235 e. The molecule has 1 heterocycles. The lowest BCUT2D eigenvalue weighted by molar-refractivity contribution is -0.121. The van der Waals surface area contributed by atoms with Crippen molar-refractivity contribution in [3.63, 3.8) is 0 Å². The van der Waals surface area contributed by atoms with Gasteiger partial charge in [-0.2, -0.15) is 0 Å². The summed E-state index contributed by atoms with van der Waals surface area (Å²) in [6.07, 6.45) is 3.73. The van der Waals surface area contributed by atoms with Crippen molar-refractivity contribution in [2.45, 2.75) is 38.0 Å². The second kappa shape index (κ2) is 7.58. The first kappa shape index (κ1) is 19.4. The number of benzene rings is 3. The number of phenolic OH excluding ortho intramolecular Hbond substituents is 1. The average molecular weight is 412 g/mol. The maximum atomic E-state index is 13.5. The first-order valence-electron chi connectivity index (χ1n) is 10.6. The molecule has 5 nitrogen and oxygen atoms in total. The summed E-state index contributed by atoms with van der Waals surface area (Å²) in [5, 5.41) is 13.8. The van der Waals surface area contributed by atoms with Crippen molar-refractivity contribution in [1.82, 2.24) is 4.98 Å². The van der Waals surface area contributed by atoms with Crippen LogP contribution in [0.2, 0.25) is 0 Å². The van der Waals surface area contributed by atoms with Gasteiger partial charge in [0.25, 0.3) is 0 Å². The summed E-state index contributed by atoms with van der Waals surface area (Å²) in [6, 6.07) is 21.0. The Balaban J connectivity index is 1.51. The molecule has 0 unspecified atom stereocenters. The number of anilines is 1. The Hall–Kier alpha value is -3.60. The number of fused-ring (bicyclic) bond motifs is 1. The minimum absolute atomic E-state index is 0.00944. The fourth-order valence-corrected chi connectivity index (χ4v) is 4.64. The van der Waals surface area contributed by atoms with Gasteiger partial charge < -0.3 is 14.8 Å². The topological polar surface area (TPSA) is 75.4 Å².